The summed E-state index contributed by atoms with van der Waals surface area (Å²) in [6.07, 6.45) is 0.753. The highest BCUT2D eigenvalue weighted by Gasteiger charge is 2.41. The number of nitrogens with one attached hydrogen (secondary N) is 1. The maximum atomic E-state index is 13.5. The van der Waals surface area contributed by atoms with Gasteiger partial charge in [0.05, 0.1) is 26.2 Å². The third-order valence-corrected chi connectivity index (χ3v) is 6.04. The first-order chi connectivity index (χ1) is 16.0. The summed E-state index contributed by atoms with van der Waals surface area (Å²) in [5, 5.41) is 3.03. The molecule has 0 aromatic heterocycles. The summed E-state index contributed by atoms with van der Waals surface area (Å²) in [5.41, 5.74) is 3.41. The van der Waals surface area contributed by atoms with Gasteiger partial charge in [0.25, 0.3) is 0 Å². The Hall–Kier alpha value is -3.80. The molecule has 1 N–H and O–H groups in total. The van der Waals surface area contributed by atoms with E-state index in [0.29, 0.717) is 24.3 Å². The van der Waals surface area contributed by atoms with Crippen molar-refractivity contribution in [2.45, 2.75) is 25.8 Å². The number of rotatable bonds is 6. The fourth-order valence-corrected chi connectivity index (χ4v) is 4.35. The zero-order valence-electron chi connectivity index (χ0n) is 19.1. The quantitative estimate of drug-likeness (QED) is 0.572. The highest BCUT2D eigenvalue weighted by atomic mass is 16.5. The number of methoxy groups -OCH3 is 2. The molecule has 3 aromatic rings. The molecule has 170 valence electrons. The number of piperidine rings is 1. The van der Waals surface area contributed by atoms with Crippen molar-refractivity contribution < 1.29 is 19.1 Å². The van der Waals surface area contributed by atoms with E-state index in [1.807, 2.05) is 79.7 Å². The average Bonchev–Trinajstić information content (AvgIpc) is 2.84. The minimum absolute atomic E-state index is 0.0117. The zero-order chi connectivity index (χ0) is 23.4. The highest BCUT2D eigenvalue weighted by molar-refractivity contribution is 6.00. The lowest BCUT2D eigenvalue weighted by molar-refractivity contribution is -0.125. The molecular formula is C27H28N2O4. The van der Waals surface area contributed by atoms with Crippen molar-refractivity contribution in [3.05, 3.63) is 83.9 Å². The molecule has 1 saturated heterocycles. The van der Waals surface area contributed by atoms with E-state index in [-0.39, 0.29) is 11.8 Å². The Labute approximate surface area is 194 Å². The second-order valence-corrected chi connectivity index (χ2v) is 8.16. The predicted molar refractivity (Wildman–Crippen MR) is 129 cm³/mol. The topological polar surface area (TPSA) is 67.9 Å². The smallest absolute Gasteiger partial charge is 0.229 e. The molecule has 6 nitrogen and oxygen atoms in total. The monoisotopic (exact) mass is 444 g/mol. The van der Waals surface area contributed by atoms with Gasteiger partial charge in [-0.05, 0) is 55.3 Å². The van der Waals surface area contributed by atoms with Gasteiger partial charge in [-0.25, -0.2) is 0 Å². The van der Waals surface area contributed by atoms with Gasteiger partial charge in [0.1, 0.15) is 0 Å². The first-order valence-electron chi connectivity index (χ1n) is 11.0. The molecule has 1 heterocycles. The van der Waals surface area contributed by atoms with Crippen LogP contribution in [-0.2, 0) is 9.59 Å². The van der Waals surface area contributed by atoms with Crippen molar-refractivity contribution in [1.82, 2.24) is 0 Å². The maximum Gasteiger partial charge on any atom is 0.229 e. The molecule has 33 heavy (non-hydrogen) atoms. The van der Waals surface area contributed by atoms with E-state index in [4.69, 9.17) is 9.47 Å². The molecule has 2 unspecified atom stereocenters. The van der Waals surface area contributed by atoms with Crippen LogP contribution in [0.5, 0.6) is 11.5 Å². The molecule has 1 aliphatic rings. The lowest BCUT2D eigenvalue weighted by Crippen LogP contribution is -2.47. The Bertz CT molecular complexity index is 1130. The van der Waals surface area contributed by atoms with Gasteiger partial charge in [-0.2, -0.15) is 0 Å². The zero-order valence-corrected chi connectivity index (χ0v) is 19.1. The van der Waals surface area contributed by atoms with Crippen LogP contribution in [0, 0.1) is 12.8 Å². The number of anilines is 2. The largest absolute Gasteiger partial charge is 0.493 e. The van der Waals surface area contributed by atoms with E-state index in [0.717, 1.165) is 22.5 Å². The van der Waals surface area contributed by atoms with Crippen LogP contribution in [0.3, 0.4) is 0 Å². The van der Waals surface area contributed by atoms with E-state index in [2.05, 4.69) is 5.32 Å². The van der Waals surface area contributed by atoms with Crippen molar-refractivity contribution in [1.29, 1.82) is 0 Å². The van der Waals surface area contributed by atoms with Crippen LogP contribution in [0.1, 0.15) is 30.0 Å². The highest BCUT2D eigenvalue weighted by Crippen LogP contribution is 2.42. The van der Waals surface area contributed by atoms with Crippen molar-refractivity contribution in [3.8, 4) is 11.5 Å². The average molecular weight is 445 g/mol. The number of hydrogen-bond donors (Lipinski definition) is 1. The van der Waals surface area contributed by atoms with Crippen molar-refractivity contribution in [2.24, 2.45) is 5.92 Å². The van der Waals surface area contributed by atoms with Gasteiger partial charge in [0.2, 0.25) is 11.8 Å². The second kappa shape index (κ2) is 9.77. The summed E-state index contributed by atoms with van der Waals surface area (Å²) in [6, 6.07) is 22.3. The number of hydrogen-bond acceptors (Lipinski definition) is 4. The standard InChI is InChI=1S/C27H28N2O4/c1-18-9-12-21(13-10-18)29-25(30)16-14-22(27(31)28-20-7-5-4-6-8-20)26(29)19-11-15-23(32-2)24(17-19)33-3/h4-13,15,17,22,26H,14,16H2,1-3H3,(H,28,31). The lowest BCUT2D eigenvalue weighted by atomic mass is 9.83. The molecule has 2 amide bonds. The van der Waals surface area contributed by atoms with Gasteiger partial charge in [-0.1, -0.05) is 42.0 Å². The molecule has 1 fully saturated rings. The number of nitrogens with zero attached hydrogens (tertiary/aromatic N) is 1. The number of carbonyl (C=O) groups excluding carboxylic acids is 2. The fraction of sp³-hybridized carbons (Fsp3) is 0.259. The first kappa shape index (κ1) is 22.4. The lowest BCUT2D eigenvalue weighted by Gasteiger charge is -2.41. The minimum Gasteiger partial charge on any atom is -0.493 e. The number of para-hydroxylation sites is 1. The Morgan fingerprint density at radius 2 is 1.64 bits per heavy atom. The van der Waals surface area contributed by atoms with Crippen LogP contribution in [-0.4, -0.2) is 26.0 Å². The third-order valence-electron chi connectivity index (χ3n) is 6.04. The Balaban J connectivity index is 1.78. The fourth-order valence-electron chi connectivity index (χ4n) is 4.35. The molecule has 4 rings (SSSR count). The molecule has 6 heteroatoms. The van der Waals surface area contributed by atoms with Crippen LogP contribution in [0.15, 0.2) is 72.8 Å². The van der Waals surface area contributed by atoms with E-state index in [9.17, 15) is 9.59 Å². The van der Waals surface area contributed by atoms with Crippen LogP contribution in [0.25, 0.3) is 0 Å². The van der Waals surface area contributed by atoms with Gasteiger partial charge in [0, 0.05) is 17.8 Å². The van der Waals surface area contributed by atoms with Crippen LogP contribution in [0.4, 0.5) is 11.4 Å². The molecule has 0 bridgehead atoms. The SMILES string of the molecule is COc1ccc(C2C(C(=O)Nc3ccccc3)CCC(=O)N2c2ccc(C)cc2)cc1OC. The molecule has 3 aromatic carbocycles. The third kappa shape index (κ3) is 4.70. The number of amides is 2. The summed E-state index contributed by atoms with van der Waals surface area (Å²) in [6.45, 7) is 2.00. The van der Waals surface area contributed by atoms with Crippen molar-refractivity contribution >= 4 is 23.2 Å². The predicted octanol–water partition coefficient (Wildman–Crippen LogP) is 5.14. The first-order valence-corrected chi connectivity index (χ1v) is 11.0. The Kier molecular flexibility index (Phi) is 6.63. The van der Waals surface area contributed by atoms with Crippen LogP contribution >= 0.6 is 0 Å². The molecule has 0 aliphatic carbocycles. The molecule has 1 aliphatic heterocycles. The number of ether oxygens (including phenoxy) is 2. The van der Waals surface area contributed by atoms with Gasteiger partial charge in [-0.3, -0.25) is 9.59 Å². The summed E-state index contributed by atoms with van der Waals surface area (Å²) in [5.74, 6) is 0.574. The van der Waals surface area contributed by atoms with Crippen molar-refractivity contribution in [2.75, 3.05) is 24.4 Å². The number of carbonyl (C=O) groups is 2. The number of aryl methyl sites for hydroxylation is 1. The van der Waals surface area contributed by atoms with E-state index >= 15 is 0 Å². The maximum absolute atomic E-state index is 13.5. The summed E-state index contributed by atoms with van der Waals surface area (Å²) >= 11 is 0. The second-order valence-electron chi connectivity index (χ2n) is 8.16. The van der Waals surface area contributed by atoms with E-state index < -0.39 is 12.0 Å². The molecule has 2 atom stereocenters. The summed E-state index contributed by atoms with van der Waals surface area (Å²) in [4.78, 5) is 28.4. The minimum atomic E-state index is -0.488. The van der Waals surface area contributed by atoms with Gasteiger partial charge in [0.15, 0.2) is 11.5 Å². The molecular weight excluding hydrogens is 416 g/mol. The summed E-state index contributed by atoms with van der Waals surface area (Å²) < 4.78 is 10.9. The molecule has 0 radical (unpaired) electrons. The van der Waals surface area contributed by atoms with Gasteiger partial charge in [-0.15, -0.1) is 0 Å². The molecule has 0 spiro atoms. The van der Waals surface area contributed by atoms with Crippen LogP contribution < -0.4 is 19.7 Å². The van der Waals surface area contributed by atoms with Crippen molar-refractivity contribution in [3.63, 3.8) is 0 Å². The van der Waals surface area contributed by atoms with Crippen LogP contribution in [0.2, 0.25) is 0 Å². The van der Waals surface area contributed by atoms with Gasteiger partial charge >= 0.3 is 0 Å². The van der Waals surface area contributed by atoms with E-state index in [1.165, 1.54) is 0 Å². The Morgan fingerprint density at radius 3 is 2.30 bits per heavy atom. The number of benzene rings is 3. The molecule has 0 saturated carbocycles. The van der Waals surface area contributed by atoms with Gasteiger partial charge < -0.3 is 19.7 Å². The normalized spacial score (nSPS) is 18.0. The van der Waals surface area contributed by atoms with E-state index in [1.54, 1.807) is 19.1 Å². The Morgan fingerprint density at radius 1 is 0.939 bits per heavy atom. The summed E-state index contributed by atoms with van der Waals surface area (Å²) in [7, 11) is 3.15.